The Bertz CT molecular complexity index is 585. The molecule has 2 aromatic rings. The minimum Gasteiger partial charge on any atom is -0.301 e. The molecule has 0 aliphatic heterocycles. The van der Waals surface area contributed by atoms with Crippen LogP contribution in [-0.4, -0.2) is 15.0 Å². The zero-order valence-electron chi connectivity index (χ0n) is 9.11. The maximum atomic E-state index is 12.9. The molecule has 0 radical (unpaired) electrons. The van der Waals surface area contributed by atoms with E-state index in [0.717, 1.165) is 11.8 Å². The number of hydrogen-bond acceptors (Lipinski definition) is 4. The highest BCUT2D eigenvalue weighted by Crippen LogP contribution is 2.17. The number of pyridine rings is 1. The summed E-state index contributed by atoms with van der Waals surface area (Å²) in [7, 11) is 0. The lowest BCUT2D eigenvalue weighted by atomic mass is 10.3. The van der Waals surface area contributed by atoms with Gasteiger partial charge in [-0.25, -0.2) is 9.37 Å². The van der Waals surface area contributed by atoms with Crippen molar-refractivity contribution < 1.29 is 4.39 Å². The Morgan fingerprint density at radius 1 is 1.41 bits per heavy atom. The van der Waals surface area contributed by atoms with Gasteiger partial charge in [0.05, 0.1) is 6.20 Å². The second-order valence-electron chi connectivity index (χ2n) is 3.49. The Labute approximate surface area is 101 Å². The molecule has 0 aromatic carbocycles. The number of halogens is 1. The van der Waals surface area contributed by atoms with Crippen molar-refractivity contribution in [3.63, 3.8) is 0 Å². The van der Waals surface area contributed by atoms with E-state index < -0.39 is 0 Å². The fourth-order valence-electron chi connectivity index (χ4n) is 1.31. The van der Waals surface area contributed by atoms with E-state index in [4.69, 9.17) is 0 Å². The molecule has 88 valence electrons. The van der Waals surface area contributed by atoms with Crippen molar-refractivity contribution in [1.29, 1.82) is 0 Å². The molecule has 0 spiro atoms. The molecule has 0 unspecified atom stereocenters. The fourth-order valence-corrected chi connectivity index (χ4v) is 2.15. The molecule has 0 atom stereocenters. The molecule has 0 fully saturated rings. The molecule has 2 aromatic heterocycles. The zero-order valence-corrected chi connectivity index (χ0v) is 9.92. The monoisotopic (exact) mass is 251 g/mol. The normalized spacial score (nSPS) is 10.5. The van der Waals surface area contributed by atoms with Gasteiger partial charge < -0.3 is 4.98 Å². The number of H-pyrrole nitrogens is 1. The summed E-state index contributed by atoms with van der Waals surface area (Å²) in [4.78, 5) is 21.7. The number of rotatable bonds is 3. The molecule has 0 bridgehead atoms. The van der Waals surface area contributed by atoms with Crippen LogP contribution in [0.15, 0.2) is 34.5 Å². The van der Waals surface area contributed by atoms with Crippen LogP contribution in [0.25, 0.3) is 0 Å². The number of aryl methyl sites for hydroxylation is 1. The van der Waals surface area contributed by atoms with E-state index in [1.165, 1.54) is 23.9 Å². The Balaban J connectivity index is 2.09. The Kier molecular flexibility index (Phi) is 3.53. The van der Waals surface area contributed by atoms with E-state index in [1.54, 1.807) is 13.1 Å². The van der Waals surface area contributed by atoms with Crippen LogP contribution in [0, 0.1) is 12.7 Å². The highest BCUT2D eigenvalue weighted by molar-refractivity contribution is 7.98. The van der Waals surface area contributed by atoms with Gasteiger partial charge in [-0.1, -0.05) is 11.8 Å². The standard InChI is InChI=1S/C11H10FN3OS/c1-7-2-10(16)15-11(14-7)17-6-8-3-9(12)5-13-4-8/h2-5H,6H2,1H3,(H,14,15,16). The average Bonchev–Trinajstić information content (AvgIpc) is 2.25. The topological polar surface area (TPSA) is 58.6 Å². The van der Waals surface area contributed by atoms with E-state index in [1.807, 2.05) is 0 Å². The zero-order chi connectivity index (χ0) is 12.3. The molecule has 0 saturated carbocycles. The van der Waals surface area contributed by atoms with Crippen LogP contribution >= 0.6 is 11.8 Å². The molecule has 6 heteroatoms. The first-order chi connectivity index (χ1) is 8.13. The van der Waals surface area contributed by atoms with Crippen LogP contribution in [0.1, 0.15) is 11.3 Å². The predicted molar refractivity (Wildman–Crippen MR) is 63.4 cm³/mol. The van der Waals surface area contributed by atoms with E-state index >= 15 is 0 Å². The number of aromatic nitrogens is 3. The second-order valence-corrected chi connectivity index (χ2v) is 4.46. The second kappa shape index (κ2) is 5.09. The van der Waals surface area contributed by atoms with Crippen molar-refractivity contribution in [3.8, 4) is 0 Å². The number of nitrogens with zero attached hydrogens (tertiary/aromatic N) is 2. The maximum absolute atomic E-state index is 12.9. The first-order valence-corrected chi connectivity index (χ1v) is 5.92. The molecular weight excluding hydrogens is 241 g/mol. The summed E-state index contributed by atoms with van der Waals surface area (Å²) >= 11 is 1.34. The van der Waals surface area contributed by atoms with E-state index in [-0.39, 0.29) is 11.4 Å². The van der Waals surface area contributed by atoms with Gasteiger partial charge in [0.25, 0.3) is 5.56 Å². The third-order valence-corrected chi connectivity index (χ3v) is 2.93. The molecule has 0 aliphatic carbocycles. The van der Waals surface area contributed by atoms with Crippen molar-refractivity contribution in [3.05, 3.63) is 52.0 Å². The summed E-state index contributed by atoms with van der Waals surface area (Å²) in [5.74, 6) is 0.144. The molecular formula is C11H10FN3OS. The molecule has 0 amide bonds. The smallest absolute Gasteiger partial charge is 0.251 e. The van der Waals surface area contributed by atoms with Crippen LogP contribution in [0.4, 0.5) is 4.39 Å². The van der Waals surface area contributed by atoms with E-state index in [2.05, 4.69) is 15.0 Å². The van der Waals surface area contributed by atoms with Gasteiger partial charge in [-0.15, -0.1) is 0 Å². The average molecular weight is 251 g/mol. The predicted octanol–water partition coefficient (Wildman–Crippen LogP) is 1.90. The summed E-state index contributed by atoms with van der Waals surface area (Å²) in [5, 5.41) is 0.527. The first kappa shape index (κ1) is 11.8. The van der Waals surface area contributed by atoms with Crippen molar-refractivity contribution in [2.24, 2.45) is 0 Å². The molecule has 4 nitrogen and oxygen atoms in total. The van der Waals surface area contributed by atoms with Gasteiger partial charge in [-0.3, -0.25) is 9.78 Å². The van der Waals surface area contributed by atoms with Gasteiger partial charge in [0.2, 0.25) is 0 Å². The SMILES string of the molecule is Cc1cc(=O)[nH]c(SCc2cncc(F)c2)n1. The molecule has 2 rings (SSSR count). The lowest BCUT2D eigenvalue weighted by Crippen LogP contribution is -2.08. The summed E-state index contributed by atoms with van der Waals surface area (Å²) in [6.45, 7) is 1.75. The van der Waals surface area contributed by atoms with E-state index in [9.17, 15) is 9.18 Å². The fraction of sp³-hybridized carbons (Fsp3) is 0.182. The summed E-state index contributed by atoms with van der Waals surface area (Å²) < 4.78 is 12.9. The van der Waals surface area contributed by atoms with Gasteiger partial charge >= 0.3 is 0 Å². The number of aromatic amines is 1. The Morgan fingerprint density at radius 3 is 2.94 bits per heavy atom. The first-order valence-electron chi connectivity index (χ1n) is 4.94. The molecule has 0 aliphatic rings. The van der Waals surface area contributed by atoms with Gasteiger partial charge in [0.1, 0.15) is 5.82 Å². The minimum absolute atomic E-state index is 0.183. The van der Waals surface area contributed by atoms with Gasteiger partial charge in [-0.05, 0) is 18.6 Å². The number of nitrogens with one attached hydrogen (secondary N) is 1. The van der Waals surface area contributed by atoms with Gasteiger partial charge in [0.15, 0.2) is 5.16 Å². The molecule has 1 N–H and O–H groups in total. The van der Waals surface area contributed by atoms with Crippen molar-refractivity contribution >= 4 is 11.8 Å². The van der Waals surface area contributed by atoms with Crippen molar-refractivity contribution in [1.82, 2.24) is 15.0 Å². The minimum atomic E-state index is -0.367. The molecule has 17 heavy (non-hydrogen) atoms. The maximum Gasteiger partial charge on any atom is 0.251 e. The van der Waals surface area contributed by atoms with E-state index in [0.29, 0.717) is 16.6 Å². The Hall–Kier alpha value is -1.69. The summed E-state index contributed by atoms with van der Waals surface area (Å²) in [6.07, 6.45) is 2.74. The van der Waals surface area contributed by atoms with Crippen LogP contribution in [-0.2, 0) is 5.75 Å². The largest absolute Gasteiger partial charge is 0.301 e. The third kappa shape index (κ3) is 3.39. The van der Waals surface area contributed by atoms with Crippen molar-refractivity contribution in [2.75, 3.05) is 0 Å². The van der Waals surface area contributed by atoms with Crippen LogP contribution in [0.3, 0.4) is 0 Å². The highest BCUT2D eigenvalue weighted by atomic mass is 32.2. The summed E-state index contributed by atoms with van der Waals surface area (Å²) in [5.41, 5.74) is 1.23. The van der Waals surface area contributed by atoms with Crippen LogP contribution < -0.4 is 5.56 Å². The highest BCUT2D eigenvalue weighted by Gasteiger charge is 2.01. The lowest BCUT2D eigenvalue weighted by molar-refractivity contribution is 0.619. The lowest BCUT2D eigenvalue weighted by Gasteiger charge is -2.01. The molecule has 0 saturated heterocycles. The van der Waals surface area contributed by atoms with Gasteiger partial charge in [0, 0.05) is 23.7 Å². The van der Waals surface area contributed by atoms with Gasteiger partial charge in [-0.2, -0.15) is 0 Å². The Morgan fingerprint density at radius 2 is 2.24 bits per heavy atom. The third-order valence-electron chi connectivity index (χ3n) is 1.99. The summed E-state index contributed by atoms with van der Waals surface area (Å²) in [6, 6.07) is 2.84. The number of thioether (sulfide) groups is 1. The molecule has 2 heterocycles. The number of hydrogen-bond donors (Lipinski definition) is 1. The quantitative estimate of drug-likeness (QED) is 0.668. The van der Waals surface area contributed by atoms with Crippen LogP contribution in [0.2, 0.25) is 0 Å². The van der Waals surface area contributed by atoms with Crippen LogP contribution in [0.5, 0.6) is 0 Å². The van der Waals surface area contributed by atoms with Crippen molar-refractivity contribution in [2.45, 2.75) is 17.8 Å².